The summed E-state index contributed by atoms with van der Waals surface area (Å²) in [6.45, 7) is 4.08. The van der Waals surface area contributed by atoms with E-state index in [1.54, 1.807) is 31.5 Å². The van der Waals surface area contributed by atoms with Gasteiger partial charge < -0.3 is 24.6 Å². The van der Waals surface area contributed by atoms with E-state index in [1.807, 2.05) is 55.5 Å². The van der Waals surface area contributed by atoms with E-state index in [1.165, 1.54) is 0 Å². The minimum Gasteiger partial charge on any atom is -0.497 e. The third kappa shape index (κ3) is 4.09. The van der Waals surface area contributed by atoms with Gasteiger partial charge in [0.1, 0.15) is 5.75 Å². The van der Waals surface area contributed by atoms with E-state index in [-0.39, 0.29) is 17.6 Å². The van der Waals surface area contributed by atoms with E-state index in [2.05, 4.69) is 32.8 Å². The Bertz CT molecular complexity index is 1450. The molecule has 5 rings (SSSR count). The maximum atomic E-state index is 11.6. The molecule has 0 radical (unpaired) electrons. The Hall–Kier alpha value is -4.17. The standard InChI is InChI=1S/C28H26N4O3S/c1-17-14-23(18(2)31(17)20-9-6-8-19(15-20)27(33)34)26-25(24-12-4-5-13-29-24)30-28(36)32(26)21-10-7-11-22(16-21)35-3/h4-16,25-26H,1-3H3,(H,30,36)(H,33,34)/t25-,26+/m0/s1. The van der Waals surface area contributed by atoms with E-state index in [4.69, 9.17) is 17.0 Å². The molecule has 0 spiro atoms. The smallest absolute Gasteiger partial charge is 0.335 e. The summed E-state index contributed by atoms with van der Waals surface area (Å²) in [6.07, 6.45) is 1.78. The van der Waals surface area contributed by atoms with Crippen molar-refractivity contribution in [3.63, 3.8) is 0 Å². The van der Waals surface area contributed by atoms with Crippen LogP contribution in [0.5, 0.6) is 5.75 Å². The van der Waals surface area contributed by atoms with Gasteiger partial charge in [-0.25, -0.2) is 4.79 Å². The zero-order valence-electron chi connectivity index (χ0n) is 20.2. The molecule has 0 unspecified atom stereocenters. The molecular weight excluding hydrogens is 472 g/mol. The fraction of sp³-hybridized carbons (Fsp3) is 0.179. The third-order valence-electron chi connectivity index (χ3n) is 6.57. The lowest BCUT2D eigenvalue weighted by Gasteiger charge is -2.28. The number of carbonyl (C=O) groups is 1. The molecule has 0 amide bonds. The molecule has 2 aromatic carbocycles. The van der Waals surface area contributed by atoms with E-state index < -0.39 is 5.97 Å². The molecule has 1 aliphatic heterocycles. The lowest BCUT2D eigenvalue weighted by Crippen LogP contribution is -2.29. The van der Waals surface area contributed by atoms with Gasteiger partial charge in [0.2, 0.25) is 0 Å². The summed E-state index contributed by atoms with van der Waals surface area (Å²) < 4.78 is 7.57. The average molecular weight is 499 g/mol. The number of aromatic carboxylic acids is 1. The second-order valence-electron chi connectivity index (χ2n) is 8.72. The number of hydrogen-bond acceptors (Lipinski definition) is 4. The lowest BCUT2D eigenvalue weighted by molar-refractivity contribution is 0.0697. The number of methoxy groups -OCH3 is 1. The predicted octanol–water partition coefficient (Wildman–Crippen LogP) is 5.37. The Morgan fingerprint density at radius 1 is 1.03 bits per heavy atom. The van der Waals surface area contributed by atoms with E-state index in [0.717, 1.165) is 39.8 Å². The van der Waals surface area contributed by atoms with Crippen LogP contribution in [0.2, 0.25) is 0 Å². The van der Waals surface area contributed by atoms with Crippen molar-refractivity contribution in [2.75, 3.05) is 12.0 Å². The number of ether oxygens (including phenoxy) is 1. The molecule has 0 aliphatic carbocycles. The van der Waals surface area contributed by atoms with Crippen LogP contribution in [-0.4, -0.2) is 32.8 Å². The number of nitrogens with zero attached hydrogens (tertiary/aromatic N) is 3. The van der Waals surface area contributed by atoms with Crippen LogP contribution < -0.4 is 15.0 Å². The molecule has 4 aromatic rings. The van der Waals surface area contributed by atoms with Gasteiger partial charge in [-0.05, 0) is 80.2 Å². The van der Waals surface area contributed by atoms with Crippen LogP contribution >= 0.6 is 12.2 Å². The number of aromatic nitrogens is 2. The minimum absolute atomic E-state index is 0.191. The second-order valence-corrected chi connectivity index (χ2v) is 9.10. The first kappa shape index (κ1) is 23.6. The Labute approximate surface area is 215 Å². The quantitative estimate of drug-likeness (QED) is 0.346. The van der Waals surface area contributed by atoms with Crippen molar-refractivity contribution in [2.45, 2.75) is 25.9 Å². The molecule has 2 atom stereocenters. The molecule has 1 fully saturated rings. The van der Waals surface area contributed by atoms with E-state index in [9.17, 15) is 9.90 Å². The van der Waals surface area contributed by atoms with Crippen LogP contribution in [0.25, 0.3) is 5.69 Å². The maximum absolute atomic E-state index is 11.6. The summed E-state index contributed by atoms with van der Waals surface area (Å²) in [7, 11) is 1.65. The molecule has 8 heteroatoms. The molecule has 0 saturated carbocycles. The summed E-state index contributed by atoms with van der Waals surface area (Å²) in [6, 6.07) is 22.4. The third-order valence-corrected chi connectivity index (χ3v) is 6.88. The largest absolute Gasteiger partial charge is 0.497 e. The molecule has 1 aliphatic rings. The Balaban J connectivity index is 1.68. The molecule has 3 heterocycles. The number of hydrogen-bond donors (Lipinski definition) is 2. The van der Waals surface area contributed by atoms with Gasteiger partial charge in [-0.15, -0.1) is 0 Å². The van der Waals surface area contributed by atoms with Crippen molar-refractivity contribution in [2.24, 2.45) is 0 Å². The number of thiocarbonyl (C=S) groups is 1. The Morgan fingerprint density at radius 3 is 2.53 bits per heavy atom. The average Bonchev–Trinajstić information content (AvgIpc) is 3.39. The highest BCUT2D eigenvalue weighted by atomic mass is 32.1. The highest BCUT2D eigenvalue weighted by molar-refractivity contribution is 7.80. The van der Waals surface area contributed by atoms with Crippen LogP contribution in [0.3, 0.4) is 0 Å². The number of pyridine rings is 1. The summed E-state index contributed by atoms with van der Waals surface area (Å²) in [5, 5.41) is 13.6. The first-order valence-corrected chi connectivity index (χ1v) is 12.0. The molecule has 2 N–H and O–H groups in total. The van der Waals surface area contributed by atoms with Gasteiger partial charge >= 0.3 is 5.97 Å². The van der Waals surface area contributed by atoms with Crippen LogP contribution in [-0.2, 0) is 0 Å². The summed E-state index contributed by atoms with van der Waals surface area (Å²) in [4.78, 5) is 18.3. The van der Waals surface area contributed by atoms with Gasteiger partial charge in [0.05, 0.1) is 30.5 Å². The number of nitrogens with one attached hydrogen (secondary N) is 1. The molecule has 36 heavy (non-hydrogen) atoms. The second kappa shape index (κ2) is 9.47. The van der Waals surface area contributed by atoms with Crippen LogP contribution in [0.4, 0.5) is 5.69 Å². The molecular formula is C28H26N4O3S. The van der Waals surface area contributed by atoms with Crippen molar-refractivity contribution in [3.8, 4) is 11.4 Å². The molecule has 0 bridgehead atoms. The van der Waals surface area contributed by atoms with Gasteiger partial charge in [-0.1, -0.05) is 18.2 Å². The van der Waals surface area contributed by atoms with Crippen LogP contribution in [0.1, 0.15) is 45.1 Å². The monoisotopic (exact) mass is 498 g/mol. The first-order chi connectivity index (χ1) is 17.4. The van der Waals surface area contributed by atoms with Crippen molar-refractivity contribution < 1.29 is 14.6 Å². The van der Waals surface area contributed by atoms with Gasteiger partial charge in [0.15, 0.2) is 5.11 Å². The topological polar surface area (TPSA) is 79.6 Å². The number of carboxylic acids is 1. The predicted molar refractivity (Wildman–Crippen MR) is 143 cm³/mol. The number of anilines is 1. The zero-order chi connectivity index (χ0) is 25.4. The van der Waals surface area contributed by atoms with E-state index >= 15 is 0 Å². The Kier molecular flexibility index (Phi) is 6.20. The van der Waals surface area contributed by atoms with Crippen molar-refractivity contribution in [1.29, 1.82) is 0 Å². The number of rotatable bonds is 6. The normalized spacial score (nSPS) is 17.2. The van der Waals surface area contributed by atoms with E-state index in [0.29, 0.717) is 5.11 Å². The van der Waals surface area contributed by atoms with Crippen LogP contribution in [0, 0.1) is 13.8 Å². The summed E-state index contributed by atoms with van der Waals surface area (Å²) in [5.41, 5.74) is 5.90. The zero-order valence-corrected chi connectivity index (χ0v) is 21.0. The van der Waals surface area contributed by atoms with Gasteiger partial charge in [0.25, 0.3) is 0 Å². The van der Waals surface area contributed by atoms with Gasteiger partial charge in [0, 0.05) is 35.0 Å². The number of benzene rings is 2. The van der Waals surface area contributed by atoms with Crippen LogP contribution in [0.15, 0.2) is 79.0 Å². The fourth-order valence-electron chi connectivity index (χ4n) is 4.97. The van der Waals surface area contributed by atoms with Gasteiger partial charge in [-0.3, -0.25) is 4.98 Å². The molecule has 182 valence electrons. The van der Waals surface area contributed by atoms with Crippen molar-refractivity contribution in [3.05, 3.63) is 107 Å². The van der Waals surface area contributed by atoms with Crippen molar-refractivity contribution in [1.82, 2.24) is 14.9 Å². The lowest BCUT2D eigenvalue weighted by atomic mass is 9.96. The fourth-order valence-corrected chi connectivity index (χ4v) is 5.32. The highest BCUT2D eigenvalue weighted by Gasteiger charge is 2.42. The molecule has 2 aromatic heterocycles. The summed E-state index contributed by atoms with van der Waals surface area (Å²) in [5.74, 6) is -0.212. The molecule has 1 saturated heterocycles. The number of aryl methyl sites for hydroxylation is 1. The SMILES string of the molecule is COc1cccc(N2C(=S)N[C@@H](c3ccccn3)[C@H]2c2cc(C)n(-c3cccc(C(=O)O)c3)c2C)c1. The Morgan fingerprint density at radius 2 is 1.81 bits per heavy atom. The maximum Gasteiger partial charge on any atom is 0.335 e. The molecule has 7 nitrogen and oxygen atoms in total. The first-order valence-electron chi connectivity index (χ1n) is 11.6. The van der Waals surface area contributed by atoms with Gasteiger partial charge in [-0.2, -0.15) is 0 Å². The summed E-state index contributed by atoms with van der Waals surface area (Å²) >= 11 is 5.85. The number of carboxylic acid groups (broad SMARTS) is 1. The highest BCUT2D eigenvalue weighted by Crippen LogP contribution is 2.44. The van der Waals surface area contributed by atoms with Crippen molar-refractivity contribution >= 4 is 29.0 Å². The minimum atomic E-state index is -0.954.